The van der Waals surface area contributed by atoms with Crippen molar-refractivity contribution in [2.24, 2.45) is 0 Å². The molecule has 1 aromatic carbocycles. The molecule has 1 saturated heterocycles. The second-order valence-corrected chi connectivity index (χ2v) is 4.82. The van der Waals surface area contributed by atoms with Gasteiger partial charge in [-0.2, -0.15) is 0 Å². The fourth-order valence-electron chi connectivity index (χ4n) is 2.13. The number of benzene rings is 1. The molecule has 1 aliphatic rings. The Hall–Kier alpha value is -1.72. The second kappa shape index (κ2) is 5.73. The number of anilines is 1. The average molecular weight is 294 g/mol. The van der Waals surface area contributed by atoms with Crippen LogP contribution in [0.5, 0.6) is 0 Å². The van der Waals surface area contributed by atoms with Gasteiger partial charge in [-0.3, -0.25) is 0 Å². The molecule has 0 N–H and O–H groups in total. The third kappa shape index (κ3) is 2.89. The van der Waals surface area contributed by atoms with E-state index in [1.165, 1.54) is 12.1 Å². The topological polar surface area (TPSA) is 38.2 Å². The Balaban J connectivity index is 1.95. The fourth-order valence-corrected chi connectivity index (χ4v) is 2.31. The highest BCUT2D eigenvalue weighted by molar-refractivity contribution is 6.28. The molecule has 0 saturated carbocycles. The predicted octanol–water partition coefficient (Wildman–Crippen LogP) is 2.77. The number of rotatable bonds is 2. The van der Waals surface area contributed by atoms with Crippen molar-refractivity contribution in [2.45, 2.75) is 0 Å². The van der Waals surface area contributed by atoms with Crippen molar-refractivity contribution in [1.29, 1.82) is 0 Å². The number of morpholine rings is 1. The van der Waals surface area contributed by atoms with Crippen molar-refractivity contribution in [3.8, 4) is 11.3 Å². The fraction of sp³-hybridized carbons (Fsp3) is 0.286. The molecule has 1 fully saturated rings. The van der Waals surface area contributed by atoms with E-state index in [-0.39, 0.29) is 11.1 Å². The highest BCUT2D eigenvalue weighted by Gasteiger charge is 2.15. The van der Waals surface area contributed by atoms with Crippen LogP contribution in [-0.2, 0) is 4.74 Å². The number of hydrogen-bond donors (Lipinski definition) is 0. The minimum absolute atomic E-state index is 0.188. The Labute approximate surface area is 121 Å². The van der Waals surface area contributed by atoms with E-state index in [4.69, 9.17) is 16.3 Å². The van der Waals surface area contributed by atoms with Crippen molar-refractivity contribution >= 4 is 17.4 Å². The molecule has 0 bridgehead atoms. The van der Waals surface area contributed by atoms with Crippen LogP contribution < -0.4 is 4.90 Å². The summed E-state index contributed by atoms with van der Waals surface area (Å²) in [5, 5.41) is 0.188. The Morgan fingerprint density at radius 2 is 1.80 bits per heavy atom. The summed E-state index contributed by atoms with van der Waals surface area (Å²) in [6.07, 6.45) is 0. The van der Waals surface area contributed by atoms with E-state index in [9.17, 15) is 4.39 Å². The molecular weight excluding hydrogens is 281 g/mol. The zero-order valence-corrected chi connectivity index (χ0v) is 11.5. The van der Waals surface area contributed by atoms with Crippen LogP contribution in [0, 0.1) is 5.82 Å². The van der Waals surface area contributed by atoms with Gasteiger partial charge in [0.2, 0.25) is 5.28 Å². The zero-order valence-electron chi connectivity index (χ0n) is 10.7. The van der Waals surface area contributed by atoms with Crippen molar-refractivity contribution in [2.75, 3.05) is 31.2 Å². The minimum Gasteiger partial charge on any atom is -0.378 e. The maximum atomic E-state index is 13.0. The van der Waals surface area contributed by atoms with Crippen molar-refractivity contribution in [3.63, 3.8) is 0 Å². The van der Waals surface area contributed by atoms with Crippen molar-refractivity contribution in [3.05, 3.63) is 41.4 Å². The van der Waals surface area contributed by atoms with E-state index in [2.05, 4.69) is 14.9 Å². The number of ether oxygens (including phenoxy) is 1. The average Bonchev–Trinajstić information content (AvgIpc) is 2.48. The predicted molar refractivity (Wildman–Crippen MR) is 75.5 cm³/mol. The Bertz CT molecular complexity index is 600. The van der Waals surface area contributed by atoms with Crippen LogP contribution in [0.4, 0.5) is 10.2 Å². The molecule has 0 atom stereocenters. The summed E-state index contributed by atoms with van der Waals surface area (Å²) in [5.41, 5.74) is 1.50. The summed E-state index contributed by atoms with van der Waals surface area (Å²) in [6.45, 7) is 2.90. The summed E-state index contributed by atoms with van der Waals surface area (Å²) < 4.78 is 18.3. The van der Waals surface area contributed by atoms with Gasteiger partial charge in [0.05, 0.1) is 18.9 Å². The molecule has 0 unspecified atom stereocenters. The van der Waals surface area contributed by atoms with Gasteiger partial charge in [0.1, 0.15) is 11.6 Å². The van der Waals surface area contributed by atoms with Crippen molar-refractivity contribution in [1.82, 2.24) is 9.97 Å². The van der Waals surface area contributed by atoms with Gasteiger partial charge in [-0.05, 0) is 35.9 Å². The third-order valence-corrected chi connectivity index (χ3v) is 3.33. The van der Waals surface area contributed by atoms with Gasteiger partial charge >= 0.3 is 0 Å². The van der Waals surface area contributed by atoms with Crippen LogP contribution in [0.1, 0.15) is 0 Å². The number of halogens is 2. The Morgan fingerprint density at radius 3 is 2.50 bits per heavy atom. The minimum atomic E-state index is -0.276. The molecular formula is C14H13ClFN3O. The summed E-state index contributed by atoms with van der Waals surface area (Å²) >= 11 is 6.00. The Morgan fingerprint density at radius 1 is 1.10 bits per heavy atom. The summed E-state index contributed by atoms with van der Waals surface area (Å²) in [6, 6.07) is 8.03. The van der Waals surface area contributed by atoms with Gasteiger partial charge in [0.15, 0.2) is 0 Å². The van der Waals surface area contributed by atoms with Crippen LogP contribution in [0.3, 0.4) is 0 Å². The molecule has 3 rings (SSSR count). The monoisotopic (exact) mass is 293 g/mol. The van der Waals surface area contributed by atoms with E-state index in [1.54, 1.807) is 12.1 Å². The van der Waals surface area contributed by atoms with Crippen LogP contribution in [0.2, 0.25) is 5.28 Å². The highest BCUT2D eigenvalue weighted by atomic mass is 35.5. The first kappa shape index (κ1) is 13.3. The third-order valence-electron chi connectivity index (χ3n) is 3.16. The molecule has 2 heterocycles. The van der Waals surface area contributed by atoms with Gasteiger partial charge < -0.3 is 9.64 Å². The molecule has 1 aromatic heterocycles. The lowest BCUT2D eigenvalue weighted by Gasteiger charge is -2.28. The Kier molecular flexibility index (Phi) is 3.80. The van der Waals surface area contributed by atoms with Gasteiger partial charge in [-0.15, -0.1) is 0 Å². The first-order valence-corrected chi connectivity index (χ1v) is 6.73. The maximum absolute atomic E-state index is 13.0. The molecule has 20 heavy (non-hydrogen) atoms. The van der Waals surface area contributed by atoms with E-state index in [0.717, 1.165) is 24.5 Å². The van der Waals surface area contributed by atoms with Gasteiger partial charge in [0, 0.05) is 24.7 Å². The number of nitrogens with zero attached hydrogens (tertiary/aromatic N) is 3. The molecule has 1 aliphatic heterocycles. The van der Waals surface area contributed by atoms with E-state index >= 15 is 0 Å². The first-order valence-electron chi connectivity index (χ1n) is 6.35. The molecule has 0 amide bonds. The molecule has 6 heteroatoms. The van der Waals surface area contributed by atoms with Crippen LogP contribution in [-0.4, -0.2) is 36.3 Å². The lowest BCUT2D eigenvalue weighted by Crippen LogP contribution is -2.36. The maximum Gasteiger partial charge on any atom is 0.224 e. The van der Waals surface area contributed by atoms with Gasteiger partial charge in [0.25, 0.3) is 0 Å². The van der Waals surface area contributed by atoms with Gasteiger partial charge in [-0.1, -0.05) is 0 Å². The van der Waals surface area contributed by atoms with Crippen LogP contribution >= 0.6 is 11.6 Å². The summed E-state index contributed by atoms with van der Waals surface area (Å²) in [5.74, 6) is 0.495. The largest absolute Gasteiger partial charge is 0.378 e. The SMILES string of the molecule is Fc1ccc(-c2cc(N3CCOCC3)nc(Cl)n2)cc1. The number of aromatic nitrogens is 2. The second-order valence-electron chi connectivity index (χ2n) is 4.49. The van der Waals surface area contributed by atoms with Crippen LogP contribution in [0.15, 0.2) is 30.3 Å². The molecule has 4 nitrogen and oxygen atoms in total. The molecule has 0 radical (unpaired) electrons. The van der Waals surface area contributed by atoms with E-state index in [0.29, 0.717) is 18.9 Å². The van der Waals surface area contributed by atoms with E-state index < -0.39 is 0 Å². The quantitative estimate of drug-likeness (QED) is 0.798. The first-order chi connectivity index (χ1) is 9.72. The zero-order chi connectivity index (χ0) is 13.9. The molecule has 0 aliphatic carbocycles. The lowest BCUT2D eigenvalue weighted by atomic mass is 10.1. The standard InChI is InChI=1S/C14H13ClFN3O/c15-14-17-12(10-1-3-11(16)4-2-10)9-13(18-14)19-5-7-20-8-6-19/h1-4,9H,5-8H2. The van der Waals surface area contributed by atoms with Gasteiger partial charge in [-0.25, -0.2) is 14.4 Å². The van der Waals surface area contributed by atoms with E-state index in [1.807, 2.05) is 6.07 Å². The summed E-state index contributed by atoms with van der Waals surface area (Å²) in [4.78, 5) is 10.6. The highest BCUT2D eigenvalue weighted by Crippen LogP contribution is 2.24. The number of hydrogen-bond acceptors (Lipinski definition) is 4. The molecule has 2 aromatic rings. The lowest BCUT2D eigenvalue weighted by molar-refractivity contribution is 0.122. The summed E-state index contributed by atoms with van der Waals surface area (Å²) in [7, 11) is 0. The molecule has 104 valence electrons. The van der Waals surface area contributed by atoms with Crippen molar-refractivity contribution < 1.29 is 9.13 Å². The molecule has 0 spiro atoms. The van der Waals surface area contributed by atoms with Crippen LogP contribution in [0.25, 0.3) is 11.3 Å². The smallest absolute Gasteiger partial charge is 0.224 e. The normalized spacial score (nSPS) is 15.4.